The average Bonchev–Trinajstić information content (AvgIpc) is 2.09. The first-order valence-electron chi connectivity index (χ1n) is 3.63. The third kappa shape index (κ3) is 2.63. The van der Waals surface area contributed by atoms with Crippen molar-refractivity contribution >= 4 is 20.5 Å². The minimum atomic E-state index is -0.202. The van der Waals surface area contributed by atoms with Crippen molar-refractivity contribution in [2.24, 2.45) is 0 Å². The van der Waals surface area contributed by atoms with E-state index in [1.807, 2.05) is 24.3 Å². The lowest BCUT2D eigenvalue weighted by molar-refractivity contribution is -0.139. The van der Waals surface area contributed by atoms with Gasteiger partial charge in [-0.1, -0.05) is 24.3 Å². The zero-order valence-electron chi connectivity index (χ0n) is 6.91. The molecule has 3 heteroatoms. The molecule has 0 radical (unpaired) electrons. The monoisotopic (exact) mass is 182 g/mol. The molecule has 1 aromatic carbocycles. The highest BCUT2D eigenvalue weighted by Gasteiger charge is 2.00. The maximum atomic E-state index is 10.8. The fourth-order valence-electron chi connectivity index (χ4n) is 0.874. The Bertz CT molecular complexity index is 266. The fourth-order valence-corrected chi connectivity index (χ4v) is 1.07. The fraction of sp³-hybridized carbons (Fsp3) is 0.222. The highest BCUT2D eigenvalue weighted by molar-refractivity contribution is 7.27. The van der Waals surface area contributed by atoms with Gasteiger partial charge in [-0.15, -0.1) is 9.24 Å². The van der Waals surface area contributed by atoms with Gasteiger partial charge in [0.15, 0.2) is 0 Å². The second-order valence-electron chi connectivity index (χ2n) is 2.49. The van der Waals surface area contributed by atoms with E-state index in [1.54, 1.807) is 0 Å². The first kappa shape index (κ1) is 9.21. The van der Waals surface area contributed by atoms with Gasteiger partial charge in [-0.25, -0.2) is 0 Å². The van der Waals surface area contributed by atoms with E-state index in [0.717, 1.165) is 10.9 Å². The van der Waals surface area contributed by atoms with E-state index >= 15 is 0 Å². The number of hydrogen-bond donors (Lipinski definition) is 0. The number of benzene rings is 1. The molecule has 0 aliphatic carbocycles. The van der Waals surface area contributed by atoms with E-state index in [-0.39, 0.29) is 5.97 Å². The zero-order valence-corrected chi connectivity index (χ0v) is 8.07. The SMILES string of the molecule is COC(=O)Cc1ccc(P)cc1. The molecular weight excluding hydrogens is 171 g/mol. The van der Waals surface area contributed by atoms with Crippen LogP contribution >= 0.6 is 9.24 Å². The van der Waals surface area contributed by atoms with E-state index in [0.29, 0.717) is 6.42 Å². The molecule has 0 saturated carbocycles. The van der Waals surface area contributed by atoms with Crippen LogP contribution in [-0.4, -0.2) is 13.1 Å². The van der Waals surface area contributed by atoms with Crippen molar-refractivity contribution in [3.63, 3.8) is 0 Å². The van der Waals surface area contributed by atoms with Gasteiger partial charge in [-0.2, -0.15) is 0 Å². The average molecular weight is 182 g/mol. The molecule has 12 heavy (non-hydrogen) atoms. The minimum absolute atomic E-state index is 0.202. The van der Waals surface area contributed by atoms with E-state index in [1.165, 1.54) is 7.11 Å². The van der Waals surface area contributed by atoms with Crippen molar-refractivity contribution in [1.29, 1.82) is 0 Å². The molecule has 0 bridgehead atoms. The highest BCUT2D eigenvalue weighted by Crippen LogP contribution is 2.00. The van der Waals surface area contributed by atoms with E-state index in [2.05, 4.69) is 14.0 Å². The number of methoxy groups -OCH3 is 1. The number of carbonyl (C=O) groups is 1. The van der Waals surface area contributed by atoms with E-state index < -0.39 is 0 Å². The standard InChI is InChI=1S/C9H11O2P/c1-11-9(10)6-7-2-4-8(12)5-3-7/h2-5H,6,12H2,1H3. The van der Waals surface area contributed by atoms with E-state index in [4.69, 9.17) is 0 Å². The van der Waals surface area contributed by atoms with E-state index in [9.17, 15) is 4.79 Å². The molecule has 0 aliphatic rings. The second kappa shape index (κ2) is 4.22. The van der Waals surface area contributed by atoms with Gasteiger partial charge in [0, 0.05) is 0 Å². The summed E-state index contributed by atoms with van der Waals surface area (Å²) < 4.78 is 4.54. The summed E-state index contributed by atoms with van der Waals surface area (Å²) in [7, 11) is 3.99. The van der Waals surface area contributed by atoms with Crippen molar-refractivity contribution in [1.82, 2.24) is 0 Å². The molecular formula is C9H11O2P. The number of esters is 1. The Hall–Kier alpha value is -0.880. The summed E-state index contributed by atoms with van der Waals surface area (Å²) in [5, 5.41) is 1.11. The van der Waals surface area contributed by atoms with Gasteiger partial charge in [0.2, 0.25) is 0 Å². The molecule has 0 fully saturated rings. The van der Waals surface area contributed by atoms with Crippen LogP contribution in [-0.2, 0) is 16.0 Å². The number of rotatable bonds is 2. The summed E-state index contributed by atoms with van der Waals surface area (Å²) in [6.45, 7) is 0. The third-order valence-corrected chi connectivity index (χ3v) is 1.94. The second-order valence-corrected chi connectivity index (χ2v) is 3.16. The Morgan fingerprint density at radius 2 is 2.00 bits per heavy atom. The molecule has 0 saturated heterocycles. The summed E-state index contributed by atoms with van der Waals surface area (Å²) in [6, 6.07) is 7.73. The lowest BCUT2D eigenvalue weighted by atomic mass is 10.2. The maximum Gasteiger partial charge on any atom is 0.309 e. The van der Waals surface area contributed by atoms with Crippen LogP contribution in [0.2, 0.25) is 0 Å². The molecule has 1 rings (SSSR count). The molecule has 1 unspecified atom stereocenters. The Labute approximate surface area is 74.1 Å². The van der Waals surface area contributed by atoms with Gasteiger partial charge in [0.1, 0.15) is 0 Å². The third-order valence-electron chi connectivity index (χ3n) is 1.56. The molecule has 64 valence electrons. The smallest absolute Gasteiger partial charge is 0.309 e. The van der Waals surface area contributed by atoms with Crippen molar-refractivity contribution in [3.05, 3.63) is 29.8 Å². The predicted molar refractivity (Wildman–Crippen MR) is 51.5 cm³/mol. The van der Waals surface area contributed by atoms with Crippen molar-refractivity contribution in [3.8, 4) is 0 Å². The summed E-state index contributed by atoms with van der Waals surface area (Å²) in [5.41, 5.74) is 0.980. The van der Waals surface area contributed by atoms with Gasteiger partial charge < -0.3 is 4.74 Å². The molecule has 2 nitrogen and oxygen atoms in total. The first-order valence-corrected chi connectivity index (χ1v) is 4.21. The maximum absolute atomic E-state index is 10.8. The molecule has 0 N–H and O–H groups in total. The normalized spacial score (nSPS) is 9.50. The Balaban J connectivity index is 2.64. The number of carbonyl (C=O) groups excluding carboxylic acids is 1. The lowest BCUT2D eigenvalue weighted by Crippen LogP contribution is -2.04. The lowest BCUT2D eigenvalue weighted by Gasteiger charge is -1.99. The van der Waals surface area contributed by atoms with Crippen molar-refractivity contribution < 1.29 is 9.53 Å². The largest absolute Gasteiger partial charge is 0.469 e. The van der Waals surface area contributed by atoms with Crippen LogP contribution in [0.5, 0.6) is 0 Å². The summed E-state index contributed by atoms with van der Waals surface area (Å²) in [4.78, 5) is 10.8. The molecule has 0 spiro atoms. The molecule has 0 amide bonds. The Kier molecular flexibility index (Phi) is 3.24. The summed E-state index contributed by atoms with van der Waals surface area (Å²) in [6.07, 6.45) is 0.349. The van der Waals surface area contributed by atoms with Crippen LogP contribution in [0.25, 0.3) is 0 Å². The number of hydrogen-bond acceptors (Lipinski definition) is 2. The van der Waals surface area contributed by atoms with Gasteiger partial charge in [0.25, 0.3) is 0 Å². The molecule has 0 aliphatic heterocycles. The van der Waals surface area contributed by atoms with Crippen LogP contribution in [0.4, 0.5) is 0 Å². The summed E-state index contributed by atoms with van der Waals surface area (Å²) in [5.74, 6) is -0.202. The first-order chi connectivity index (χ1) is 5.72. The van der Waals surface area contributed by atoms with Crippen LogP contribution in [0.1, 0.15) is 5.56 Å². The van der Waals surface area contributed by atoms with Crippen molar-refractivity contribution in [2.45, 2.75) is 6.42 Å². The van der Waals surface area contributed by atoms with Gasteiger partial charge in [-0.05, 0) is 10.9 Å². The number of ether oxygens (including phenoxy) is 1. The summed E-state index contributed by atoms with van der Waals surface area (Å²) >= 11 is 0. The molecule has 1 atom stereocenters. The van der Waals surface area contributed by atoms with Crippen LogP contribution in [0, 0.1) is 0 Å². The van der Waals surface area contributed by atoms with Crippen LogP contribution < -0.4 is 5.30 Å². The highest BCUT2D eigenvalue weighted by atomic mass is 31.0. The Morgan fingerprint density at radius 3 is 2.50 bits per heavy atom. The minimum Gasteiger partial charge on any atom is -0.469 e. The molecule has 1 aromatic rings. The van der Waals surface area contributed by atoms with Crippen LogP contribution in [0.3, 0.4) is 0 Å². The molecule has 0 aromatic heterocycles. The predicted octanol–water partition coefficient (Wildman–Crippen LogP) is 0.902. The van der Waals surface area contributed by atoms with Gasteiger partial charge in [0.05, 0.1) is 13.5 Å². The van der Waals surface area contributed by atoms with Gasteiger partial charge >= 0.3 is 5.97 Å². The zero-order chi connectivity index (χ0) is 8.97. The topological polar surface area (TPSA) is 26.3 Å². The Morgan fingerprint density at radius 1 is 1.42 bits per heavy atom. The quantitative estimate of drug-likeness (QED) is 0.501. The molecule has 0 heterocycles. The van der Waals surface area contributed by atoms with Gasteiger partial charge in [-0.3, -0.25) is 4.79 Å². The van der Waals surface area contributed by atoms with Crippen molar-refractivity contribution in [2.75, 3.05) is 7.11 Å². The van der Waals surface area contributed by atoms with Crippen LogP contribution in [0.15, 0.2) is 24.3 Å².